The summed E-state index contributed by atoms with van der Waals surface area (Å²) in [5.41, 5.74) is 3.00. The van der Waals surface area contributed by atoms with Gasteiger partial charge in [-0.15, -0.1) is 0 Å². The van der Waals surface area contributed by atoms with Crippen molar-refractivity contribution in [1.29, 1.82) is 0 Å². The number of carbonyl (C=O) groups excluding carboxylic acids is 1. The van der Waals surface area contributed by atoms with Crippen molar-refractivity contribution >= 4 is 27.6 Å². The van der Waals surface area contributed by atoms with Crippen molar-refractivity contribution in [3.05, 3.63) is 28.7 Å². The highest BCUT2D eigenvalue weighted by molar-refractivity contribution is 9.10. The third kappa shape index (κ3) is 4.80. The molecular formula is C10H13BrN2O2. The zero-order chi connectivity index (χ0) is 11.1. The van der Waals surface area contributed by atoms with Gasteiger partial charge in [-0.05, 0) is 30.7 Å². The van der Waals surface area contributed by atoms with E-state index >= 15 is 0 Å². The Hall–Kier alpha value is -1.07. The molecule has 0 unspecified atom stereocenters. The van der Waals surface area contributed by atoms with Gasteiger partial charge in [0.25, 0.3) is 0 Å². The van der Waals surface area contributed by atoms with E-state index in [0.717, 1.165) is 16.6 Å². The van der Waals surface area contributed by atoms with E-state index < -0.39 is 0 Å². The number of rotatable bonds is 4. The van der Waals surface area contributed by atoms with E-state index in [0.29, 0.717) is 6.61 Å². The lowest BCUT2D eigenvalue weighted by Gasteiger charge is -2.06. The highest BCUT2D eigenvalue weighted by Gasteiger charge is 2.00. The Morgan fingerprint density at radius 2 is 2.07 bits per heavy atom. The van der Waals surface area contributed by atoms with Crippen molar-refractivity contribution in [3.63, 3.8) is 0 Å². The maximum Gasteiger partial charge on any atom is 0.343 e. The van der Waals surface area contributed by atoms with Crippen LogP contribution in [-0.4, -0.2) is 12.6 Å². The molecule has 0 saturated heterocycles. The fourth-order valence-electron chi connectivity index (χ4n) is 0.908. The van der Waals surface area contributed by atoms with Crippen molar-refractivity contribution in [3.8, 4) is 0 Å². The van der Waals surface area contributed by atoms with Crippen molar-refractivity contribution in [2.24, 2.45) is 0 Å². The van der Waals surface area contributed by atoms with E-state index in [9.17, 15) is 4.79 Å². The number of carbonyl (C=O) groups is 1. The minimum Gasteiger partial charge on any atom is -0.306 e. The highest BCUT2D eigenvalue weighted by atomic mass is 79.9. The molecule has 1 aromatic rings. The topological polar surface area (TPSA) is 50.4 Å². The van der Waals surface area contributed by atoms with E-state index in [4.69, 9.17) is 4.84 Å². The number of hydrogen-bond donors (Lipinski definition) is 2. The van der Waals surface area contributed by atoms with Crippen LogP contribution in [0.25, 0.3) is 0 Å². The van der Waals surface area contributed by atoms with E-state index in [1.54, 1.807) is 12.1 Å². The fourth-order valence-corrected chi connectivity index (χ4v) is 1.17. The Bertz CT molecular complexity index is 314. The Balaban J connectivity index is 2.34. The second-order valence-corrected chi connectivity index (χ2v) is 3.83. The molecule has 0 radical (unpaired) electrons. The molecule has 0 aliphatic carbocycles. The monoisotopic (exact) mass is 272 g/mol. The number of hydroxylamine groups is 1. The molecule has 0 spiro atoms. The SMILES string of the molecule is CCCONC(=O)Nc1ccc(Br)cc1. The molecule has 4 nitrogen and oxygen atoms in total. The van der Waals surface area contributed by atoms with Crippen LogP contribution in [0.5, 0.6) is 0 Å². The molecule has 0 bridgehead atoms. The maximum atomic E-state index is 11.2. The Morgan fingerprint density at radius 1 is 1.40 bits per heavy atom. The quantitative estimate of drug-likeness (QED) is 0.654. The lowest BCUT2D eigenvalue weighted by molar-refractivity contribution is 0.0664. The molecular weight excluding hydrogens is 260 g/mol. The average Bonchev–Trinajstić information content (AvgIpc) is 2.22. The van der Waals surface area contributed by atoms with Gasteiger partial charge in [0.05, 0.1) is 6.61 Å². The van der Waals surface area contributed by atoms with E-state index in [1.165, 1.54) is 0 Å². The van der Waals surface area contributed by atoms with Gasteiger partial charge in [-0.1, -0.05) is 22.9 Å². The lowest BCUT2D eigenvalue weighted by atomic mass is 10.3. The average molecular weight is 273 g/mol. The molecule has 2 N–H and O–H groups in total. The summed E-state index contributed by atoms with van der Waals surface area (Å²) in [5, 5.41) is 2.63. The van der Waals surface area contributed by atoms with Crippen LogP contribution in [0, 0.1) is 0 Å². The number of halogens is 1. The zero-order valence-electron chi connectivity index (χ0n) is 8.42. The first-order chi connectivity index (χ1) is 7.22. The largest absolute Gasteiger partial charge is 0.343 e. The third-order valence-electron chi connectivity index (χ3n) is 1.57. The standard InChI is InChI=1S/C10H13BrN2O2/c1-2-7-15-13-10(14)12-9-5-3-8(11)4-6-9/h3-6H,2,7H2,1H3,(H2,12,13,14). The predicted octanol–water partition coefficient (Wildman–Crippen LogP) is 2.91. The summed E-state index contributed by atoms with van der Waals surface area (Å²) < 4.78 is 0.968. The van der Waals surface area contributed by atoms with Crippen molar-refractivity contribution < 1.29 is 9.63 Å². The molecule has 0 aromatic heterocycles. The van der Waals surface area contributed by atoms with Crippen LogP contribution < -0.4 is 10.8 Å². The molecule has 0 heterocycles. The molecule has 0 aliphatic heterocycles. The summed E-state index contributed by atoms with van der Waals surface area (Å²) >= 11 is 3.31. The molecule has 0 fully saturated rings. The van der Waals surface area contributed by atoms with Gasteiger partial charge in [0, 0.05) is 10.2 Å². The van der Waals surface area contributed by atoms with Crippen LogP contribution in [0.3, 0.4) is 0 Å². The normalized spacial score (nSPS) is 9.73. The molecule has 5 heteroatoms. The van der Waals surface area contributed by atoms with Gasteiger partial charge in [-0.3, -0.25) is 4.84 Å². The molecule has 0 saturated carbocycles. The maximum absolute atomic E-state index is 11.2. The Labute approximate surface area is 97.1 Å². The van der Waals surface area contributed by atoms with Crippen LogP contribution in [0.4, 0.5) is 10.5 Å². The summed E-state index contributed by atoms with van der Waals surface area (Å²) in [6.45, 7) is 2.47. The summed E-state index contributed by atoms with van der Waals surface area (Å²) in [6, 6.07) is 6.92. The van der Waals surface area contributed by atoms with Gasteiger partial charge < -0.3 is 5.32 Å². The lowest BCUT2D eigenvalue weighted by Crippen LogP contribution is -2.29. The third-order valence-corrected chi connectivity index (χ3v) is 2.10. The van der Waals surface area contributed by atoms with Gasteiger partial charge in [0.2, 0.25) is 0 Å². The first-order valence-corrected chi connectivity index (χ1v) is 5.46. The summed E-state index contributed by atoms with van der Waals surface area (Å²) in [5.74, 6) is 0. The fraction of sp³-hybridized carbons (Fsp3) is 0.300. The van der Waals surface area contributed by atoms with Gasteiger partial charge in [-0.25, -0.2) is 10.3 Å². The first-order valence-electron chi connectivity index (χ1n) is 4.66. The second kappa shape index (κ2) is 6.42. The number of hydrogen-bond acceptors (Lipinski definition) is 2. The molecule has 1 rings (SSSR count). The van der Waals surface area contributed by atoms with Gasteiger partial charge in [-0.2, -0.15) is 0 Å². The second-order valence-electron chi connectivity index (χ2n) is 2.91. The van der Waals surface area contributed by atoms with E-state index in [1.807, 2.05) is 19.1 Å². The summed E-state index contributed by atoms with van der Waals surface area (Å²) in [7, 11) is 0. The van der Waals surface area contributed by atoms with Gasteiger partial charge in [0.15, 0.2) is 0 Å². The number of benzene rings is 1. The zero-order valence-corrected chi connectivity index (χ0v) is 10.0. The van der Waals surface area contributed by atoms with Gasteiger partial charge >= 0.3 is 6.03 Å². The number of urea groups is 1. The molecule has 2 amide bonds. The van der Waals surface area contributed by atoms with E-state index in [2.05, 4.69) is 26.7 Å². The van der Waals surface area contributed by atoms with Crippen molar-refractivity contribution in [1.82, 2.24) is 5.48 Å². The highest BCUT2D eigenvalue weighted by Crippen LogP contribution is 2.13. The van der Waals surface area contributed by atoms with Crippen LogP contribution in [0.15, 0.2) is 28.7 Å². The van der Waals surface area contributed by atoms with Crippen molar-refractivity contribution in [2.45, 2.75) is 13.3 Å². The Morgan fingerprint density at radius 3 is 2.67 bits per heavy atom. The van der Waals surface area contributed by atoms with Crippen LogP contribution >= 0.6 is 15.9 Å². The van der Waals surface area contributed by atoms with E-state index in [-0.39, 0.29) is 6.03 Å². The molecule has 0 atom stereocenters. The number of nitrogens with one attached hydrogen (secondary N) is 2. The first kappa shape index (κ1) is 12.0. The Kier molecular flexibility index (Phi) is 5.14. The summed E-state index contributed by atoms with van der Waals surface area (Å²) in [4.78, 5) is 16.1. The molecule has 82 valence electrons. The van der Waals surface area contributed by atoms with Crippen LogP contribution in [0.2, 0.25) is 0 Å². The predicted molar refractivity (Wildman–Crippen MR) is 62.5 cm³/mol. The molecule has 1 aromatic carbocycles. The summed E-state index contributed by atoms with van der Waals surface area (Å²) in [6.07, 6.45) is 0.860. The van der Waals surface area contributed by atoms with Crippen molar-refractivity contribution in [2.75, 3.05) is 11.9 Å². The van der Waals surface area contributed by atoms with Gasteiger partial charge in [0.1, 0.15) is 0 Å². The van der Waals surface area contributed by atoms with Crippen LogP contribution in [0.1, 0.15) is 13.3 Å². The number of anilines is 1. The smallest absolute Gasteiger partial charge is 0.306 e. The van der Waals surface area contributed by atoms with Crippen LogP contribution in [-0.2, 0) is 4.84 Å². The number of amides is 2. The minimum atomic E-state index is -0.370. The molecule has 0 aliphatic rings. The minimum absolute atomic E-state index is 0.370. The molecule has 15 heavy (non-hydrogen) atoms.